The van der Waals surface area contributed by atoms with Crippen LogP contribution in [-0.4, -0.2) is 27.3 Å². The van der Waals surface area contributed by atoms with Gasteiger partial charge in [0.15, 0.2) is 0 Å². The number of nitrogens with one attached hydrogen (secondary N) is 1. The molecule has 4 heteroatoms. The van der Waals surface area contributed by atoms with Gasteiger partial charge >= 0.3 is 0 Å². The Balaban J connectivity index is 2.34. The molecule has 0 spiro atoms. The van der Waals surface area contributed by atoms with Gasteiger partial charge in [-0.25, -0.2) is 4.68 Å². The zero-order valence-corrected chi connectivity index (χ0v) is 10.5. The number of nitrogens with zero attached hydrogens (tertiary/aromatic N) is 2. The zero-order chi connectivity index (χ0) is 11.3. The highest BCUT2D eigenvalue weighted by Gasteiger charge is 2.14. The SMILES string of the molecule is C=Cn1cc(CNCC(C)(C)SC)cn1. The van der Waals surface area contributed by atoms with Crippen LogP contribution in [0.2, 0.25) is 0 Å². The Morgan fingerprint density at radius 3 is 2.93 bits per heavy atom. The van der Waals surface area contributed by atoms with E-state index in [1.165, 1.54) is 5.56 Å². The van der Waals surface area contributed by atoms with Crippen molar-refractivity contribution in [3.05, 3.63) is 24.5 Å². The molecule has 0 fully saturated rings. The summed E-state index contributed by atoms with van der Waals surface area (Å²) < 4.78 is 2.01. The normalized spacial score (nSPS) is 11.7. The molecule has 1 N–H and O–H groups in total. The van der Waals surface area contributed by atoms with Crippen molar-refractivity contribution >= 4 is 18.0 Å². The lowest BCUT2D eigenvalue weighted by atomic mass is 10.2. The molecule has 0 aliphatic carbocycles. The van der Waals surface area contributed by atoms with Crippen LogP contribution >= 0.6 is 11.8 Å². The average molecular weight is 225 g/mol. The third kappa shape index (κ3) is 4.10. The van der Waals surface area contributed by atoms with Crippen molar-refractivity contribution in [2.24, 2.45) is 0 Å². The van der Waals surface area contributed by atoms with E-state index in [4.69, 9.17) is 0 Å². The molecule has 0 radical (unpaired) electrons. The van der Waals surface area contributed by atoms with Crippen LogP contribution in [-0.2, 0) is 6.54 Å². The second-order valence-electron chi connectivity index (χ2n) is 4.08. The van der Waals surface area contributed by atoms with Crippen molar-refractivity contribution < 1.29 is 0 Å². The highest BCUT2D eigenvalue weighted by molar-refractivity contribution is 7.99. The molecule has 15 heavy (non-hydrogen) atoms. The fourth-order valence-electron chi connectivity index (χ4n) is 1.15. The maximum absolute atomic E-state index is 4.12. The van der Waals surface area contributed by atoms with Gasteiger partial charge in [0.05, 0.1) is 6.20 Å². The average Bonchev–Trinajstić information content (AvgIpc) is 2.66. The van der Waals surface area contributed by atoms with E-state index in [1.807, 2.05) is 24.2 Å². The number of hydrogen-bond donors (Lipinski definition) is 1. The summed E-state index contributed by atoms with van der Waals surface area (Å²) in [5.74, 6) is 0. The molecule has 1 rings (SSSR count). The Bertz CT molecular complexity index is 317. The molecule has 0 bridgehead atoms. The molecule has 1 aromatic rings. The lowest BCUT2D eigenvalue weighted by Gasteiger charge is -2.22. The molecule has 0 aliphatic rings. The Morgan fingerprint density at radius 1 is 1.67 bits per heavy atom. The van der Waals surface area contributed by atoms with E-state index in [0.29, 0.717) is 0 Å². The Labute approximate surface area is 95.9 Å². The third-order valence-electron chi connectivity index (χ3n) is 2.27. The molecule has 0 atom stereocenters. The summed E-state index contributed by atoms with van der Waals surface area (Å²) in [5.41, 5.74) is 1.19. The number of rotatable bonds is 6. The van der Waals surface area contributed by atoms with E-state index in [2.05, 4.69) is 37.1 Å². The van der Waals surface area contributed by atoms with Gasteiger partial charge in [-0.15, -0.1) is 0 Å². The fraction of sp³-hybridized carbons (Fsp3) is 0.545. The summed E-state index contributed by atoms with van der Waals surface area (Å²) in [7, 11) is 0. The van der Waals surface area contributed by atoms with Crippen molar-refractivity contribution in [2.75, 3.05) is 12.8 Å². The maximum Gasteiger partial charge on any atom is 0.0538 e. The number of thioether (sulfide) groups is 1. The first-order chi connectivity index (χ1) is 7.07. The molecule has 0 aliphatic heterocycles. The van der Waals surface area contributed by atoms with E-state index >= 15 is 0 Å². The van der Waals surface area contributed by atoms with Gasteiger partial charge in [0.1, 0.15) is 0 Å². The monoisotopic (exact) mass is 225 g/mol. The molecule has 0 unspecified atom stereocenters. The standard InChI is InChI=1S/C11H19N3S/c1-5-14-8-10(7-13-14)6-12-9-11(2,3)15-4/h5,7-8,12H,1,6,9H2,2-4H3. The first-order valence-electron chi connectivity index (χ1n) is 4.99. The second-order valence-corrected chi connectivity index (χ2v) is 5.59. The summed E-state index contributed by atoms with van der Waals surface area (Å²) in [6, 6.07) is 0. The minimum absolute atomic E-state index is 0.286. The molecule has 1 heterocycles. The van der Waals surface area contributed by atoms with E-state index in [0.717, 1.165) is 13.1 Å². The van der Waals surface area contributed by atoms with Crippen LogP contribution < -0.4 is 5.32 Å². The Kier molecular flexibility index (Phi) is 4.42. The molecule has 0 saturated heterocycles. The van der Waals surface area contributed by atoms with Crippen LogP contribution in [0, 0.1) is 0 Å². The fourth-order valence-corrected chi connectivity index (χ4v) is 1.39. The first-order valence-corrected chi connectivity index (χ1v) is 6.21. The van der Waals surface area contributed by atoms with E-state index in [9.17, 15) is 0 Å². The third-order valence-corrected chi connectivity index (χ3v) is 3.52. The van der Waals surface area contributed by atoms with Crippen molar-refractivity contribution in [3.63, 3.8) is 0 Å². The van der Waals surface area contributed by atoms with Crippen molar-refractivity contribution in [1.82, 2.24) is 15.1 Å². The smallest absolute Gasteiger partial charge is 0.0538 e. The van der Waals surface area contributed by atoms with Gasteiger partial charge in [-0.05, 0) is 20.1 Å². The number of hydrogen-bond acceptors (Lipinski definition) is 3. The quantitative estimate of drug-likeness (QED) is 0.805. The van der Waals surface area contributed by atoms with Gasteiger partial charge in [-0.1, -0.05) is 6.58 Å². The molecule has 1 aromatic heterocycles. The second kappa shape index (κ2) is 5.37. The van der Waals surface area contributed by atoms with Crippen LogP contribution in [0.4, 0.5) is 0 Å². The van der Waals surface area contributed by atoms with E-state index in [-0.39, 0.29) is 4.75 Å². The van der Waals surface area contributed by atoms with Crippen LogP contribution in [0.3, 0.4) is 0 Å². The van der Waals surface area contributed by atoms with Gasteiger partial charge in [0.25, 0.3) is 0 Å². The van der Waals surface area contributed by atoms with Gasteiger partial charge in [0, 0.05) is 35.8 Å². The predicted octanol–water partition coefficient (Wildman–Crippen LogP) is 2.21. The summed E-state index contributed by atoms with van der Waals surface area (Å²) >= 11 is 1.87. The van der Waals surface area contributed by atoms with E-state index in [1.54, 1.807) is 10.9 Å². The van der Waals surface area contributed by atoms with Crippen molar-refractivity contribution in [2.45, 2.75) is 25.1 Å². The lowest BCUT2D eigenvalue weighted by molar-refractivity contribution is 0.591. The summed E-state index contributed by atoms with van der Waals surface area (Å²) in [6.45, 7) is 9.97. The highest BCUT2D eigenvalue weighted by atomic mass is 32.2. The van der Waals surface area contributed by atoms with Gasteiger partial charge in [0.2, 0.25) is 0 Å². The van der Waals surface area contributed by atoms with Gasteiger partial charge < -0.3 is 5.32 Å². The molecule has 0 aromatic carbocycles. The van der Waals surface area contributed by atoms with Crippen LogP contribution in [0.15, 0.2) is 19.0 Å². The topological polar surface area (TPSA) is 29.9 Å². The minimum Gasteiger partial charge on any atom is -0.311 e. The molecule has 0 amide bonds. The lowest BCUT2D eigenvalue weighted by Crippen LogP contribution is -2.31. The highest BCUT2D eigenvalue weighted by Crippen LogP contribution is 2.19. The Hall–Kier alpha value is -0.740. The first kappa shape index (κ1) is 12.3. The summed E-state index contributed by atoms with van der Waals surface area (Å²) in [5, 5.41) is 7.55. The van der Waals surface area contributed by atoms with Crippen LogP contribution in [0.5, 0.6) is 0 Å². The molecular formula is C11H19N3S. The minimum atomic E-state index is 0.286. The maximum atomic E-state index is 4.12. The molecular weight excluding hydrogens is 206 g/mol. The van der Waals surface area contributed by atoms with Gasteiger partial charge in [-0.3, -0.25) is 0 Å². The largest absolute Gasteiger partial charge is 0.311 e. The van der Waals surface area contributed by atoms with Crippen molar-refractivity contribution in [3.8, 4) is 0 Å². The zero-order valence-electron chi connectivity index (χ0n) is 9.66. The number of aromatic nitrogens is 2. The molecule has 0 saturated carbocycles. The Morgan fingerprint density at radius 2 is 2.40 bits per heavy atom. The van der Waals surface area contributed by atoms with Crippen LogP contribution in [0.1, 0.15) is 19.4 Å². The summed E-state index contributed by atoms with van der Waals surface area (Å²) in [6.07, 6.45) is 7.67. The van der Waals surface area contributed by atoms with Crippen LogP contribution in [0.25, 0.3) is 6.20 Å². The van der Waals surface area contributed by atoms with Gasteiger partial charge in [-0.2, -0.15) is 16.9 Å². The summed E-state index contributed by atoms with van der Waals surface area (Å²) in [4.78, 5) is 0. The predicted molar refractivity (Wildman–Crippen MR) is 67.9 cm³/mol. The molecule has 3 nitrogen and oxygen atoms in total. The van der Waals surface area contributed by atoms with E-state index < -0.39 is 0 Å². The van der Waals surface area contributed by atoms with Crippen molar-refractivity contribution in [1.29, 1.82) is 0 Å². The molecule has 84 valence electrons.